The number of thiazole rings is 1. The molecular formula is C9H11ClN4S. The molecule has 0 aliphatic carbocycles. The molecule has 2 aromatic rings. The highest BCUT2D eigenvalue weighted by Gasteiger charge is 2.00. The summed E-state index contributed by atoms with van der Waals surface area (Å²) in [6.07, 6.45) is 1.74. The first kappa shape index (κ1) is 11.9. The molecule has 3 N–H and O–H groups in total. The molecule has 0 aliphatic rings. The van der Waals surface area contributed by atoms with E-state index in [0.717, 1.165) is 16.6 Å². The van der Waals surface area contributed by atoms with Crippen LogP contribution in [0, 0.1) is 0 Å². The van der Waals surface area contributed by atoms with Crippen molar-refractivity contribution in [2.75, 3.05) is 5.32 Å². The van der Waals surface area contributed by atoms with Gasteiger partial charge in [-0.25, -0.2) is 9.97 Å². The zero-order valence-corrected chi connectivity index (χ0v) is 9.52. The fourth-order valence-electron chi connectivity index (χ4n) is 1.00. The lowest BCUT2D eigenvalue weighted by Crippen LogP contribution is -1.97. The van der Waals surface area contributed by atoms with Crippen LogP contribution < -0.4 is 11.1 Å². The van der Waals surface area contributed by atoms with Gasteiger partial charge in [0.05, 0.1) is 5.69 Å². The van der Waals surface area contributed by atoms with Crippen molar-refractivity contribution in [1.29, 1.82) is 0 Å². The fraction of sp³-hybridized carbons (Fsp3) is 0.111. The summed E-state index contributed by atoms with van der Waals surface area (Å²) in [5.74, 6) is 0.797. The van der Waals surface area contributed by atoms with E-state index in [1.807, 2.05) is 23.6 Å². The Morgan fingerprint density at radius 1 is 1.40 bits per heavy atom. The van der Waals surface area contributed by atoms with Gasteiger partial charge in [-0.05, 0) is 12.1 Å². The Bertz CT molecular complexity index is 404. The molecule has 0 amide bonds. The summed E-state index contributed by atoms with van der Waals surface area (Å²) < 4.78 is 0. The fourth-order valence-corrected chi connectivity index (χ4v) is 1.73. The molecule has 0 spiro atoms. The van der Waals surface area contributed by atoms with Crippen molar-refractivity contribution in [1.82, 2.24) is 9.97 Å². The Balaban J connectivity index is 0.00000112. The van der Waals surface area contributed by atoms with E-state index in [2.05, 4.69) is 15.3 Å². The van der Waals surface area contributed by atoms with Gasteiger partial charge in [-0.3, -0.25) is 0 Å². The molecular weight excluding hydrogens is 232 g/mol. The van der Waals surface area contributed by atoms with Gasteiger partial charge in [0.15, 0.2) is 5.13 Å². The highest BCUT2D eigenvalue weighted by molar-refractivity contribution is 7.13. The molecule has 0 saturated carbocycles. The second-order valence-corrected chi connectivity index (χ2v) is 3.55. The SMILES string of the molecule is Cl.NCc1csc(Nc2ccccn2)n1. The van der Waals surface area contributed by atoms with E-state index in [1.54, 1.807) is 6.20 Å². The number of nitrogens with two attached hydrogens (primary N) is 1. The molecule has 15 heavy (non-hydrogen) atoms. The van der Waals surface area contributed by atoms with Gasteiger partial charge < -0.3 is 11.1 Å². The lowest BCUT2D eigenvalue weighted by molar-refractivity contribution is 1.01. The van der Waals surface area contributed by atoms with Gasteiger partial charge in [0, 0.05) is 18.1 Å². The first-order chi connectivity index (χ1) is 6.88. The third kappa shape index (κ3) is 3.16. The third-order valence-corrected chi connectivity index (χ3v) is 2.47. The second-order valence-electron chi connectivity index (χ2n) is 2.69. The van der Waals surface area contributed by atoms with E-state index in [9.17, 15) is 0 Å². The summed E-state index contributed by atoms with van der Waals surface area (Å²) in [7, 11) is 0. The summed E-state index contributed by atoms with van der Waals surface area (Å²) in [5.41, 5.74) is 6.35. The Kier molecular flexibility index (Phi) is 4.48. The average Bonchev–Trinajstić information content (AvgIpc) is 2.67. The number of pyridine rings is 1. The lowest BCUT2D eigenvalue weighted by Gasteiger charge is -1.98. The molecule has 0 bridgehead atoms. The molecule has 2 aromatic heterocycles. The molecule has 80 valence electrons. The van der Waals surface area contributed by atoms with Crippen LogP contribution in [-0.2, 0) is 6.54 Å². The predicted molar refractivity (Wildman–Crippen MR) is 64.8 cm³/mol. The van der Waals surface area contributed by atoms with Crippen LogP contribution in [0.15, 0.2) is 29.8 Å². The van der Waals surface area contributed by atoms with Crippen molar-refractivity contribution in [3.8, 4) is 0 Å². The Labute approximate surface area is 98.0 Å². The van der Waals surface area contributed by atoms with E-state index >= 15 is 0 Å². The zero-order valence-electron chi connectivity index (χ0n) is 7.88. The van der Waals surface area contributed by atoms with Crippen molar-refractivity contribution in [2.45, 2.75) is 6.54 Å². The van der Waals surface area contributed by atoms with E-state index in [0.29, 0.717) is 6.54 Å². The average molecular weight is 243 g/mol. The topological polar surface area (TPSA) is 63.8 Å². The van der Waals surface area contributed by atoms with Crippen LogP contribution in [0.4, 0.5) is 10.9 Å². The van der Waals surface area contributed by atoms with Crippen LogP contribution in [0.25, 0.3) is 0 Å². The maximum absolute atomic E-state index is 5.46. The van der Waals surface area contributed by atoms with Crippen LogP contribution in [-0.4, -0.2) is 9.97 Å². The number of nitrogens with zero attached hydrogens (tertiary/aromatic N) is 2. The molecule has 0 radical (unpaired) electrons. The van der Waals surface area contributed by atoms with E-state index in [-0.39, 0.29) is 12.4 Å². The van der Waals surface area contributed by atoms with Crippen molar-refractivity contribution in [3.05, 3.63) is 35.5 Å². The highest BCUT2D eigenvalue weighted by Crippen LogP contribution is 2.18. The lowest BCUT2D eigenvalue weighted by atomic mass is 10.5. The normalized spacial score (nSPS) is 9.40. The smallest absolute Gasteiger partial charge is 0.188 e. The minimum absolute atomic E-state index is 0. The van der Waals surface area contributed by atoms with Crippen molar-refractivity contribution >= 4 is 34.7 Å². The number of halogens is 1. The van der Waals surface area contributed by atoms with Crippen LogP contribution in [0.2, 0.25) is 0 Å². The Morgan fingerprint density at radius 2 is 2.27 bits per heavy atom. The number of nitrogens with one attached hydrogen (secondary N) is 1. The molecule has 2 rings (SSSR count). The van der Waals surface area contributed by atoms with E-state index in [4.69, 9.17) is 5.73 Å². The third-order valence-electron chi connectivity index (χ3n) is 1.66. The first-order valence-corrected chi connectivity index (χ1v) is 5.09. The highest BCUT2D eigenvalue weighted by atomic mass is 35.5. The quantitative estimate of drug-likeness (QED) is 0.866. The van der Waals surface area contributed by atoms with Crippen molar-refractivity contribution < 1.29 is 0 Å². The van der Waals surface area contributed by atoms with Gasteiger partial charge in [0.25, 0.3) is 0 Å². The zero-order chi connectivity index (χ0) is 9.80. The van der Waals surface area contributed by atoms with Gasteiger partial charge in [0.2, 0.25) is 0 Å². The molecule has 0 atom stereocenters. The van der Waals surface area contributed by atoms with Crippen LogP contribution in [0.5, 0.6) is 0 Å². The minimum atomic E-state index is 0. The summed E-state index contributed by atoms with van der Waals surface area (Å²) in [4.78, 5) is 8.40. The Morgan fingerprint density at radius 3 is 2.87 bits per heavy atom. The van der Waals surface area contributed by atoms with Crippen molar-refractivity contribution in [2.24, 2.45) is 5.73 Å². The molecule has 2 heterocycles. The molecule has 6 heteroatoms. The molecule has 0 unspecified atom stereocenters. The number of hydrogen-bond donors (Lipinski definition) is 2. The summed E-state index contributed by atoms with van der Waals surface area (Å²) in [6, 6.07) is 5.69. The van der Waals surface area contributed by atoms with Crippen LogP contribution >= 0.6 is 23.7 Å². The molecule has 0 saturated heterocycles. The second kappa shape index (κ2) is 5.65. The maximum atomic E-state index is 5.46. The Hall–Kier alpha value is -1.17. The maximum Gasteiger partial charge on any atom is 0.188 e. The summed E-state index contributed by atoms with van der Waals surface area (Å²) in [5, 5.41) is 5.86. The molecule has 0 aliphatic heterocycles. The number of aromatic nitrogens is 2. The van der Waals surface area contributed by atoms with Crippen LogP contribution in [0.3, 0.4) is 0 Å². The number of rotatable bonds is 3. The number of anilines is 2. The number of hydrogen-bond acceptors (Lipinski definition) is 5. The van der Waals surface area contributed by atoms with E-state index in [1.165, 1.54) is 11.3 Å². The molecule has 0 aromatic carbocycles. The largest absolute Gasteiger partial charge is 0.325 e. The predicted octanol–water partition coefficient (Wildman–Crippen LogP) is 2.16. The van der Waals surface area contributed by atoms with Gasteiger partial charge in [0.1, 0.15) is 5.82 Å². The monoisotopic (exact) mass is 242 g/mol. The summed E-state index contributed by atoms with van der Waals surface area (Å²) >= 11 is 1.53. The summed E-state index contributed by atoms with van der Waals surface area (Å²) in [6.45, 7) is 0.473. The standard InChI is InChI=1S/C9H10N4S.ClH/c10-5-7-6-14-9(12-7)13-8-3-1-2-4-11-8;/h1-4,6H,5,10H2,(H,11,12,13);1H. The van der Waals surface area contributed by atoms with Crippen molar-refractivity contribution in [3.63, 3.8) is 0 Å². The minimum Gasteiger partial charge on any atom is -0.325 e. The molecule has 0 fully saturated rings. The van der Waals surface area contributed by atoms with E-state index < -0.39 is 0 Å². The first-order valence-electron chi connectivity index (χ1n) is 4.21. The molecule has 4 nitrogen and oxygen atoms in total. The van der Waals surface area contributed by atoms with Crippen LogP contribution in [0.1, 0.15) is 5.69 Å². The van der Waals surface area contributed by atoms with Gasteiger partial charge in [-0.15, -0.1) is 23.7 Å². The van der Waals surface area contributed by atoms with Gasteiger partial charge in [-0.1, -0.05) is 6.07 Å². The van der Waals surface area contributed by atoms with Gasteiger partial charge >= 0.3 is 0 Å². The van der Waals surface area contributed by atoms with Gasteiger partial charge in [-0.2, -0.15) is 0 Å².